The molecule has 9 heteroatoms. The van der Waals surface area contributed by atoms with Gasteiger partial charge in [-0.15, -0.1) is 0 Å². The maximum absolute atomic E-state index is 12.2. The molecule has 1 amide bonds. The molecular weight excluding hydrogens is 386 g/mol. The van der Waals surface area contributed by atoms with E-state index >= 15 is 0 Å². The molecule has 3 rings (SSSR count). The number of carbonyl (C=O) groups excluding carboxylic acids is 2. The Bertz CT molecular complexity index is 718. The SMILES string of the molecule is CCOC(=O)c1cnc(N2CCN(C3CCN(C(=O)OC(C)(C)C)CC3)CC2)nc1. The highest BCUT2D eigenvalue weighted by Crippen LogP contribution is 2.21. The van der Waals surface area contributed by atoms with Gasteiger partial charge in [0, 0.05) is 57.7 Å². The summed E-state index contributed by atoms with van der Waals surface area (Å²) >= 11 is 0. The number of nitrogens with zero attached hydrogens (tertiary/aromatic N) is 5. The largest absolute Gasteiger partial charge is 0.462 e. The average Bonchev–Trinajstić information content (AvgIpc) is 2.73. The maximum atomic E-state index is 12.2. The Balaban J connectivity index is 1.45. The Kier molecular flexibility index (Phi) is 7.12. The van der Waals surface area contributed by atoms with E-state index in [0.717, 1.165) is 52.1 Å². The number of esters is 1. The summed E-state index contributed by atoms with van der Waals surface area (Å²) in [6.07, 6.45) is 4.76. The van der Waals surface area contributed by atoms with Crippen molar-refractivity contribution in [3.63, 3.8) is 0 Å². The van der Waals surface area contributed by atoms with Crippen LogP contribution in [0.1, 0.15) is 50.9 Å². The third-order valence-electron chi connectivity index (χ3n) is 5.38. The van der Waals surface area contributed by atoms with Crippen LogP contribution >= 0.6 is 0 Å². The molecule has 0 N–H and O–H groups in total. The van der Waals surface area contributed by atoms with Crippen molar-refractivity contribution in [1.29, 1.82) is 0 Å². The lowest BCUT2D eigenvalue weighted by Gasteiger charge is -2.42. The molecule has 9 nitrogen and oxygen atoms in total. The monoisotopic (exact) mass is 419 g/mol. The number of piperazine rings is 1. The van der Waals surface area contributed by atoms with Gasteiger partial charge in [-0.3, -0.25) is 4.90 Å². The molecular formula is C21H33N5O4. The van der Waals surface area contributed by atoms with E-state index in [1.807, 2.05) is 25.7 Å². The zero-order chi connectivity index (χ0) is 21.7. The maximum Gasteiger partial charge on any atom is 0.410 e. The van der Waals surface area contributed by atoms with E-state index in [1.54, 1.807) is 6.92 Å². The van der Waals surface area contributed by atoms with Crippen LogP contribution in [-0.4, -0.2) is 89.3 Å². The predicted molar refractivity (Wildman–Crippen MR) is 113 cm³/mol. The average molecular weight is 420 g/mol. The van der Waals surface area contributed by atoms with Gasteiger partial charge in [-0.25, -0.2) is 19.6 Å². The first-order chi connectivity index (χ1) is 14.3. The van der Waals surface area contributed by atoms with Gasteiger partial charge in [0.1, 0.15) is 5.60 Å². The van der Waals surface area contributed by atoms with Crippen LogP contribution < -0.4 is 4.90 Å². The number of piperidine rings is 1. The van der Waals surface area contributed by atoms with E-state index in [0.29, 0.717) is 24.2 Å². The Labute approximate surface area is 178 Å². The number of aromatic nitrogens is 2. The standard InChI is InChI=1S/C21H33N5O4/c1-5-29-18(27)16-14-22-19(23-15-16)25-12-10-24(11-13-25)17-6-8-26(9-7-17)20(28)30-21(2,3)4/h14-15,17H,5-13H2,1-4H3. The molecule has 2 saturated heterocycles. The molecule has 3 heterocycles. The number of carbonyl (C=O) groups is 2. The topological polar surface area (TPSA) is 88.1 Å². The summed E-state index contributed by atoms with van der Waals surface area (Å²) in [6, 6.07) is 0.484. The lowest BCUT2D eigenvalue weighted by atomic mass is 10.0. The first-order valence-electron chi connectivity index (χ1n) is 10.7. The smallest absolute Gasteiger partial charge is 0.410 e. The lowest BCUT2D eigenvalue weighted by molar-refractivity contribution is 0.0139. The molecule has 166 valence electrons. The van der Waals surface area contributed by atoms with Crippen LogP contribution in [0.5, 0.6) is 0 Å². The number of likely N-dealkylation sites (tertiary alicyclic amines) is 1. The predicted octanol–water partition coefficient (Wildman–Crippen LogP) is 2.17. The second-order valence-corrected chi connectivity index (χ2v) is 8.71. The van der Waals surface area contributed by atoms with E-state index in [4.69, 9.17) is 9.47 Å². The Morgan fingerprint density at radius 3 is 2.17 bits per heavy atom. The Morgan fingerprint density at radius 2 is 1.63 bits per heavy atom. The molecule has 0 unspecified atom stereocenters. The van der Waals surface area contributed by atoms with Crippen LogP contribution in [0.25, 0.3) is 0 Å². The normalized spacial score (nSPS) is 18.9. The molecule has 0 radical (unpaired) electrons. The summed E-state index contributed by atoms with van der Waals surface area (Å²) in [7, 11) is 0. The number of ether oxygens (including phenoxy) is 2. The molecule has 2 aliphatic heterocycles. The third-order valence-corrected chi connectivity index (χ3v) is 5.38. The van der Waals surface area contributed by atoms with Crippen LogP contribution in [-0.2, 0) is 9.47 Å². The van der Waals surface area contributed by atoms with Crippen molar-refractivity contribution in [3.05, 3.63) is 18.0 Å². The molecule has 0 spiro atoms. The van der Waals surface area contributed by atoms with Crippen molar-refractivity contribution >= 4 is 18.0 Å². The molecule has 0 saturated carbocycles. The van der Waals surface area contributed by atoms with Gasteiger partial charge in [0.15, 0.2) is 0 Å². The van der Waals surface area contributed by atoms with Gasteiger partial charge in [0.05, 0.1) is 12.2 Å². The van der Waals surface area contributed by atoms with E-state index in [9.17, 15) is 9.59 Å². The fraction of sp³-hybridized carbons (Fsp3) is 0.714. The van der Waals surface area contributed by atoms with Crippen LogP contribution in [0.4, 0.5) is 10.7 Å². The van der Waals surface area contributed by atoms with Gasteiger partial charge in [0.25, 0.3) is 0 Å². The summed E-state index contributed by atoms with van der Waals surface area (Å²) in [5, 5.41) is 0. The summed E-state index contributed by atoms with van der Waals surface area (Å²) in [5.41, 5.74) is -0.0862. The third kappa shape index (κ3) is 5.81. The summed E-state index contributed by atoms with van der Waals surface area (Å²) in [4.78, 5) is 39.1. The highest BCUT2D eigenvalue weighted by Gasteiger charge is 2.31. The zero-order valence-electron chi connectivity index (χ0n) is 18.5. The molecule has 0 bridgehead atoms. The summed E-state index contributed by atoms with van der Waals surface area (Å²) in [6.45, 7) is 12.8. The van der Waals surface area contributed by atoms with Crippen LogP contribution in [0.2, 0.25) is 0 Å². The quantitative estimate of drug-likeness (QED) is 0.686. The number of hydrogen-bond acceptors (Lipinski definition) is 8. The second-order valence-electron chi connectivity index (χ2n) is 8.71. The lowest BCUT2D eigenvalue weighted by Crippen LogP contribution is -2.54. The van der Waals surface area contributed by atoms with Gasteiger partial charge >= 0.3 is 12.1 Å². The Morgan fingerprint density at radius 1 is 1.03 bits per heavy atom. The van der Waals surface area contributed by atoms with Crippen LogP contribution in [0.3, 0.4) is 0 Å². The van der Waals surface area contributed by atoms with Gasteiger partial charge in [-0.2, -0.15) is 0 Å². The van der Waals surface area contributed by atoms with Crippen molar-refractivity contribution in [2.45, 2.75) is 52.2 Å². The molecule has 2 aliphatic rings. The molecule has 1 aromatic heterocycles. The van der Waals surface area contributed by atoms with Gasteiger partial charge in [-0.05, 0) is 40.5 Å². The van der Waals surface area contributed by atoms with Crippen molar-refractivity contribution in [2.75, 3.05) is 50.8 Å². The molecule has 1 aromatic rings. The molecule has 0 aliphatic carbocycles. The van der Waals surface area contributed by atoms with Crippen LogP contribution in [0.15, 0.2) is 12.4 Å². The first kappa shape index (κ1) is 22.3. The molecule has 0 aromatic carbocycles. The van der Waals surface area contributed by atoms with Crippen LogP contribution in [0, 0.1) is 0 Å². The fourth-order valence-corrected chi connectivity index (χ4v) is 3.83. The fourth-order valence-electron chi connectivity index (χ4n) is 3.83. The minimum absolute atomic E-state index is 0.214. The Hall–Kier alpha value is -2.42. The van der Waals surface area contributed by atoms with Crippen molar-refractivity contribution in [1.82, 2.24) is 19.8 Å². The molecule has 2 fully saturated rings. The minimum Gasteiger partial charge on any atom is -0.462 e. The van der Waals surface area contributed by atoms with Crippen molar-refractivity contribution < 1.29 is 19.1 Å². The number of rotatable bonds is 4. The minimum atomic E-state index is -0.457. The van der Waals surface area contributed by atoms with E-state index < -0.39 is 11.6 Å². The van der Waals surface area contributed by atoms with E-state index in [2.05, 4.69) is 19.8 Å². The number of amides is 1. The van der Waals surface area contributed by atoms with Gasteiger partial charge < -0.3 is 19.3 Å². The number of hydrogen-bond donors (Lipinski definition) is 0. The van der Waals surface area contributed by atoms with E-state index in [1.165, 1.54) is 12.4 Å². The second kappa shape index (κ2) is 9.59. The van der Waals surface area contributed by atoms with Crippen molar-refractivity contribution in [3.8, 4) is 0 Å². The van der Waals surface area contributed by atoms with Gasteiger partial charge in [-0.1, -0.05) is 0 Å². The molecule has 0 atom stereocenters. The summed E-state index contributed by atoms with van der Waals surface area (Å²) < 4.78 is 10.5. The summed E-state index contributed by atoms with van der Waals surface area (Å²) in [5.74, 6) is 0.244. The number of anilines is 1. The van der Waals surface area contributed by atoms with Crippen molar-refractivity contribution in [2.24, 2.45) is 0 Å². The highest BCUT2D eigenvalue weighted by atomic mass is 16.6. The first-order valence-corrected chi connectivity index (χ1v) is 10.7. The molecule has 30 heavy (non-hydrogen) atoms. The van der Waals surface area contributed by atoms with E-state index in [-0.39, 0.29) is 6.09 Å². The zero-order valence-corrected chi connectivity index (χ0v) is 18.5. The highest BCUT2D eigenvalue weighted by molar-refractivity contribution is 5.88. The van der Waals surface area contributed by atoms with Gasteiger partial charge in [0.2, 0.25) is 5.95 Å².